The summed E-state index contributed by atoms with van der Waals surface area (Å²) < 4.78 is 11.8. The monoisotopic (exact) mass is 915 g/mol. The first-order valence-corrected chi connectivity index (χ1v) is 28.5. The van der Waals surface area contributed by atoms with Gasteiger partial charge in [-0.3, -0.25) is 0 Å². The molecule has 0 heterocycles. The van der Waals surface area contributed by atoms with Gasteiger partial charge in [0, 0.05) is 50.8 Å². The van der Waals surface area contributed by atoms with Gasteiger partial charge in [-0.25, -0.2) is 9.59 Å². The fourth-order valence-electron chi connectivity index (χ4n) is 14.3. The zero-order chi connectivity index (χ0) is 43.9. The summed E-state index contributed by atoms with van der Waals surface area (Å²) in [4.78, 5) is 31.2. The van der Waals surface area contributed by atoms with Crippen molar-refractivity contribution in [3.05, 3.63) is 71.8 Å². The Morgan fingerprint density at radius 3 is 1.19 bits per heavy atom. The second kappa shape index (κ2) is 24.6. The molecule has 0 saturated heterocycles. The van der Waals surface area contributed by atoms with E-state index in [2.05, 4.69) is 20.4 Å². The molecular weight excluding hydrogens is 833 g/mol. The summed E-state index contributed by atoms with van der Waals surface area (Å²) in [6.07, 6.45) is 25.5. The molecular formula is C54H82N4O4S2. The number of carbonyl (C=O) groups excluding carboxylic acids is 2. The van der Waals surface area contributed by atoms with E-state index in [1.807, 2.05) is 82.3 Å². The van der Waals surface area contributed by atoms with E-state index >= 15 is 0 Å². The van der Waals surface area contributed by atoms with Crippen LogP contribution in [0.1, 0.15) is 140 Å². The van der Waals surface area contributed by atoms with Crippen LogP contribution in [0, 0.1) is 46.3 Å². The number of rotatable bonds is 29. The minimum atomic E-state index is -0.112. The summed E-state index contributed by atoms with van der Waals surface area (Å²) in [6, 6.07) is 20.2. The lowest BCUT2D eigenvalue weighted by molar-refractivity contribution is -0.0678. The highest BCUT2D eigenvalue weighted by molar-refractivity contribution is 8.76. The molecule has 2 aromatic rings. The molecule has 0 radical (unpaired) electrons. The van der Waals surface area contributed by atoms with Gasteiger partial charge >= 0.3 is 12.2 Å². The fourth-order valence-corrected chi connectivity index (χ4v) is 16.2. The molecule has 8 aliphatic rings. The molecule has 64 heavy (non-hydrogen) atoms. The fraction of sp³-hybridized carbons (Fsp3) is 0.741. The third-order valence-electron chi connectivity index (χ3n) is 16.2. The standard InChI is InChI=1S/C54H82N4O4S2/c59-51(61-39-43-15-7-5-8-16-43)57(41-53-33-45-27-46(34-53)29-47(28-45)35-53)23-13-3-1-11-19-55-21-25-63-64-26-22-56-20-12-2-4-14-24-58(52(60)62-40-44-17-9-6-10-18-44)42-54-36-48-30-49(37-54)32-50(31-48)38-54/h5-10,15-18,45-50,55-56H,1-4,11-14,19-42H2. The van der Waals surface area contributed by atoms with Crippen LogP contribution in [-0.4, -0.2) is 85.9 Å². The number of ether oxygens (including phenoxy) is 2. The van der Waals surface area contributed by atoms with Crippen molar-refractivity contribution in [2.75, 3.05) is 63.9 Å². The number of unbranched alkanes of at least 4 members (excludes halogenated alkanes) is 6. The molecule has 2 N–H and O–H groups in total. The molecule has 0 spiro atoms. The minimum Gasteiger partial charge on any atom is -0.445 e. The third-order valence-corrected chi connectivity index (χ3v) is 18.6. The topological polar surface area (TPSA) is 83.1 Å². The van der Waals surface area contributed by atoms with Crippen LogP contribution >= 0.6 is 21.6 Å². The van der Waals surface area contributed by atoms with Crippen molar-refractivity contribution in [3.8, 4) is 0 Å². The number of amides is 2. The minimum absolute atomic E-state index is 0.112. The van der Waals surface area contributed by atoms with Crippen LogP contribution in [0.25, 0.3) is 0 Å². The zero-order valence-corrected chi connectivity index (χ0v) is 40.8. The van der Waals surface area contributed by atoms with Crippen LogP contribution in [-0.2, 0) is 22.7 Å². The molecule has 8 bridgehead atoms. The third kappa shape index (κ3) is 14.6. The molecule has 0 aliphatic heterocycles. The first-order chi connectivity index (χ1) is 31.4. The highest BCUT2D eigenvalue weighted by atomic mass is 33.1. The average molecular weight is 915 g/mol. The normalized spacial score (nSPS) is 28.4. The Bertz CT molecular complexity index is 1500. The van der Waals surface area contributed by atoms with Gasteiger partial charge in [0.1, 0.15) is 13.2 Å². The largest absolute Gasteiger partial charge is 0.445 e. The van der Waals surface area contributed by atoms with E-state index in [0.29, 0.717) is 24.0 Å². The summed E-state index contributed by atoms with van der Waals surface area (Å²) in [7, 11) is 3.96. The van der Waals surface area contributed by atoms with Crippen molar-refractivity contribution >= 4 is 33.8 Å². The second-order valence-corrected chi connectivity index (χ2v) is 24.4. The van der Waals surface area contributed by atoms with Gasteiger partial charge < -0.3 is 29.9 Å². The summed E-state index contributed by atoms with van der Waals surface area (Å²) in [6.45, 7) is 8.41. The lowest BCUT2D eigenvalue weighted by Crippen LogP contribution is -2.52. The van der Waals surface area contributed by atoms with Gasteiger partial charge in [-0.1, -0.05) is 108 Å². The smallest absolute Gasteiger partial charge is 0.410 e. The SMILES string of the molecule is O=C(OCc1ccccc1)N(CCCCCCNCCSSCCNCCCCCCN(CC12CC3CC(CC(C3)C1)C2)C(=O)OCc1ccccc1)CC12CC3CC(CC(C3)C1)C2. The van der Waals surface area contributed by atoms with E-state index in [1.54, 1.807) is 0 Å². The Morgan fingerprint density at radius 2 is 0.828 bits per heavy atom. The van der Waals surface area contributed by atoms with Crippen molar-refractivity contribution in [3.63, 3.8) is 0 Å². The van der Waals surface area contributed by atoms with E-state index in [-0.39, 0.29) is 12.2 Å². The predicted molar refractivity (Wildman–Crippen MR) is 265 cm³/mol. The highest BCUT2D eigenvalue weighted by Gasteiger charge is 2.53. The maximum absolute atomic E-state index is 13.5. The number of nitrogens with zero attached hydrogens (tertiary/aromatic N) is 2. The number of hydrogen-bond acceptors (Lipinski definition) is 8. The molecule has 2 amide bonds. The molecule has 0 aromatic heterocycles. The maximum atomic E-state index is 13.5. The van der Waals surface area contributed by atoms with Gasteiger partial charge in [0.15, 0.2) is 0 Å². The van der Waals surface area contributed by atoms with Crippen LogP contribution in [0.3, 0.4) is 0 Å². The molecule has 8 nitrogen and oxygen atoms in total. The first kappa shape index (κ1) is 48.1. The van der Waals surface area contributed by atoms with Crippen LogP contribution in [0.5, 0.6) is 0 Å². The molecule has 0 atom stereocenters. The van der Waals surface area contributed by atoms with E-state index in [1.165, 1.54) is 103 Å². The summed E-state index contributed by atoms with van der Waals surface area (Å²) in [5.74, 6) is 7.62. The van der Waals surface area contributed by atoms with E-state index in [0.717, 1.165) is 136 Å². The Labute approximate surface area is 395 Å². The van der Waals surface area contributed by atoms with Crippen molar-refractivity contribution in [1.29, 1.82) is 0 Å². The van der Waals surface area contributed by atoms with Crippen molar-refractivity contribution in [2.45, 2.75) is 142 Å². The predicted octanol–water partition coefficient (Wildman–Crippen LogP) is 12.4. The van der Waals surface area contributed by atoms with Gasteiger partial charge in [0.05, 0.1) is 0 Å². The Hall–Kier alpha value is -2.40. The number of nitrogens with one attached hydrogen (secondary N) is 2. The van der Waals surface area contributed by atoms with Gasteiger partial charge in [0.2, 0.25) is 0 Å². The van der Waals surface area contributed by atoms with E-state index in [4.69, 9.17) is 9.47 Å². The molecule has 10 rings (SSSR count). The van der Waals surface area contributed by atoms with Gasteiger partial charge in [-0.15, -0.1) is 0 Å². The van der Waals surface area contributed by atoms with Crippen molar-refractivity contribution in [1.82, 2.24) is 20.4 Å². The lowest BCUT2D eigenvalue weighted by atomic mass is 9.49. The number of hydrogen-bond donors (Lipinski definition) is 2. The molecule has 0 unspecified atom stereocenters. The van der Waals surface area contributed by atoms with Crippen LogP contribution in [0.4, 0.5) is 9.59 Å². The summed E-state index contributed by atoms with van der Waals surface area (Å²) >= 11 is 0. The molecule has 8 fully saturated rings. The Morgan fingerprint density at radius 1 is 0.484 bits per heavy atom. The molecule has 10 heteroatoms. The molecule has 2 aromatic carbocycles. The maximum Gasteiger partial charge on any atom is 0.410 e. The van der Waals surface area contributed by atoms with Gasteiger partial charge in [0.25, 0.3) is 0 Å². The highest BCUT2D eigenvalue weighted by Crippen LogP contribution is 2.61. The lowest BCUT2D eigenvalue weighted by Gasteiger charge is -2.57. The first-order valence-electron chi connectivity index (χ1n) is 26.0. The quantitative estimate of drug-likeness (QED) is 0.0617. The Balaban J connectivity index is 0.621. The van der Waals surface area contributed by atoms with Gasteiger partial charge in [-0.05, 0) is 173 Å². The zero-order valence-electron chi connectivity index (χ0n) is 39.2. The number of benzene rings is 2. The number of carbonyl (C=O) groups is 2. The summed E-state index contributed by atoms with van der Waals surface area (Å²) in [5.41, 5.74) is 2.78. The van der Waals surface area contributed by atoms with Crippen LogP contribution in [0.2, 0.25) is 0 Å². The second-order valence-electron chi connectivity index (χ2n) is 21.7. The molecule has 8 saturated carbocycles. The van der Waals surface area contributed by atoms with Crippen molar-refractivity contribution in [2.24, 2.45) is 46.3 Å². The van der Waals surface area contributed by atoms with Gasteiger partial charge in [-0.2, -0.15) is 0 Å². The molecule has 354 valence electrons. The summed E-state index contributed by atoms with van der Waals surface area (Å²) in [5, 5.41) is 7.30. The van der Waals surface area contributed by atoms with Crippen LogP contribution < -0.4 is 10.6 Å². The van der Waals surface area contributed by atoms with E-state index in [9.17, 15) is 9.59 Å². The molecule has 8 aliphatic carbocycles. The van der Waals surface area contributed by atoms with Crippen molar-refractivity contribution < 1.29 is 19.1 Å². The Kier molecular flexibility index (Phi) is 18.5. The van der Waals surface area contributed by atoms with Crippen LogP contribution in [0.15, 0.2) is 60.7 Å². The average Bonchev–Trinajstić information content (AvgIpc) is 3.28. The van der Waals surface area contributed by atoms with E-state index < -0.39 is 0 Å².